The SMILES string of the molecule is Oc1cc(C(F)(F)F)ccc1-c1nnc(N[C@@H]2CCCNC2)c2ccsc12. The highest BCUT2D eigenvalue weighted by Gasteiger charge is 2.31. The van der Waals surface area contributed by atoms with E-state index in [4.69, 9.17) is 0 Å². The summed E-state index contributed by atoms with van der Waals surface area (Å²) >= 11 is 1.41. The fraction of sp³-hybridized carbons (Fsp3) is 0.333. The second kappa shape index (κ2) is 6.97. The van der Waals surface area contributed by atoms with E-state index in [1.165, 1.54) is 17.4 Å². The lowest BCUT2D eigenvalue weighted by Crippen LogP contribution is -2.38. The number of alkyl halides is 3. The number of halogens is 3. The summed E-state index contributed by atoms with van der Waals surface area (Å²) in [6.07, 6.45) is -2.40. The molecule has 0 amide bonds. The molecule has 5 nitrogen and oxygen atoms in total. The van der Waals surface area contributed by atoms with Gasteiger partial charge >= 0.3 is 6.18 Å². The average molecular weight is 394 g/mol. The molecule has 1 aliphatic heterocycles. The summed E-state index contributed by atoms with van der Waals surface area (Å²) in [6, 6.07) is 5.05. The minimum atomic E-state index is -4.51. The number of nitrogens with one attached hydrogen (secondary N) is 2. The van der Waals surface area contributed by atoms with E-state index in [1.807, 2.05) is 11.4 Å². The molecule has 3 N–H and O–H groups in total. The van der Waals surface area contributed by atoms with Crippen LogP contribution in [0.25, 0.3) is 21.3 Å². The number of rotatable bonds is 3. The van der Waals surface area contributed by atoms with Gasteiger partial charge in [0.25, 0.3) is 0 Å². The Hall–Kier alpha value is -2.39. The Kier molecular flexibility index (Phi) is 4.65. The number of benzene rings is 1. The molecule has 3 heterocycles. The molecule has 1 fully saturated rings. The van der Waals surface area contributed by atoms with Gasteiger partial charge in [-0.05, 0) is 49.0 Å². The molecule has 3 aromatic rings. The van der Waals surface area contributed by atoms with Gasteiger partial charge in [-0.3, -0.25) is 0 Å². The lowest BCUT2D eigenvalue weighted by molar-refractivity contribution is -0.137. The second-order valence-corrected chi connectivity index (χ2v) is 7.39. The van der Waals surface area contributed by atoms with Gasteiger partial charge in [-0.15, -0.1) is 21.5 Å². The summed E-state index contributed by atoms with van der Waals surface area (Å²) in [7, 11) is 0. The highest BCUT2D eigenvalue weighted by Crippen LogP contribution is 2.40. The molecule has 2 aromatic heterocycles. The highest BCUT2D eigenvalue weighted by molar-refractivity contribution is 7.17. The van der Waals surface area contributed by atoms with E-state index < -0.39 is 17.5 Å². The van der Waals surface area contributed by atoms with Gasteiger partial charge in [0.2, 0.25) is 0 Å². The van der Waals surface area contributed by atoms with Crippen molar-refractivity contribution in [2.24, 2.45) is 0 Å². The summed E-state index contributed by atoms with van der Waals surface area (Å²) in [4.78, 5) is 0. The molecular formula is C18H17F3N4OS. The van der Waals surface area contributed by atoms with Crippen LogP contribution < -0.4 is 10.6 Å². The number of phenols is 1. The van der Waals surface area contributed by atoms with Crippen molar-refractivity contribution in [3.8, 4) is 17.0 Å². The van der Waals surface area contributed by atoms with Crippen molar-refractivity contribution >= 4 is 27.2 Å². The molecule has 9 heteroatoms. The first-order valence-corrected chi connectivity index (χ1v) is 9.43. The zero-order valence-electron chi connectivity index (χ0n) is 14.2. The summed E-state index contributed by atoms with van der Waals surface area (Å²) in [6.45, 7) is 1.85. The van der Waals surface area contributed by atoms with Crippen molar-refractivity contribution in [3.63, 3.8) is 0 Å². The number of piperidine rings is 1. The first-order valence-electron chi connectivity index (χ1n) is 8.55. The lowest BCUT2D eigenvalue weighted by atomic mass is 10.1. The number of phenolic OH excluding ortho intramolecular Hbond substituents is 1. The van der Waals surface area contributed by atoms with Crippen molar-refractivity contribution in [2.45, 2.75) is 25.1 Å². The molecule has 0 bridgehead atoms. The monoisotopic (exact) mass is 394 g/mol. The molecular weight excluding hydrogens is 377 g/mol. The van der Waals surface area contributed by atoms with E-state index in [0.717, 1.165) is 48.2 Å². The minimum absolute atomic E-state index is 0.230. The number of hydrogen-bond donors (Lipinski definition) is 3. The van der Waals surface area contributed by atoms with Crippen LogP contribution in [-0.2, 0) is 6.18 Å². The molecule has 4 rings (SSSR count). The number of nitrogens with zero attached hydrogens (tertiary/aromatic N) is 2. The molecule has 142 valence electrons. The molecule has 27 heavy (non-hydrogen) atoms. The van der Waals surface area contributed by atoms with Crippen LogP contribution >= 0.6 is 11.3 Å². The summed E-state index contributed by atoms with van der Waals surface area (Å²) in [5, 5.41) is 28.0. The zero-order chi connectivity index (χ0) is 19.0. The third-order valence-electron chi connectivity index (χ3n) is 4.60. The number of fused-ring (bicyclic) bond motifs is 1. The first-order chi connectivity index (χ1) is 12.9. The normalized spacial score (nSPS) is 18.0. The van der Waals surface area contributed by atoms with Crippen LogP contribution in [0.2, 0.25) is 0 Å². The van der Waals surface area contributed by atoms with Crippen LogP contribution in [0.5, 0.6) is 5.75 Å². The van der Waals surface area contributed by atoms with Crippen molar-refractivity contribution in [3.05, 3.63) is 35.2 Å². The quantitative estimate of drug-likeness (QED) is 0.620. The molecule has 1 aromatic carbocycles. The smallest absolute Gasteiger partial charge is 0.416 e. The van der Waals surface area contributed by atoms with E-state index >= 15 is 0 Å². The topological polar surface area (TPSA) is 70.1 Å². The van der Waals surface area contributed by atoms with Crippen molar-refractivity contribution in [1.82, 2.24) is 15.5 Å². The number of aromatic nitrogens is 2. The number of thiophene rings is 1. The Morgan fingerprint density at radius 1 is 1.22 bits per heavy atom. The molecule has 0 unspecified atom stereocenters. The van der Waals surface area contributed by atoms with Crippen LogP contribution in [0.1, 0.15) is 18.4 Å². The Morgan fingerprint density at radius 3 is 2.78 bits per heavy atom. The number of aromatic hydroxyl groups is 1. The Bertz CT molecular complexity index is 967. The van der Waals surface area contributed by atoms with Crippen LogP contribution in [0, 0.1) is 0 Å². The third-order valence-corrected chi connectivity index (χ3v) is 5.52. The fourth-order valence-corrected chi connectivity index (χ4v) is 4.13. The maximum absolute atomic E-state index is 12.8. The lowest BCUT2D eigenvalue weighted by Gasteiger charge is -2.24. The highest BCUT2D eigenvalue weighted by atomic mass is 32.1. The van der Waals surface area contributed by atoms with Crippen molar-refractivity contribution < 1.29 is 18.3 Å². The van der Waals surface area contributed by atoms with E-state index in [-0.39, 0.29) is 11.6 Å². The molecule has 0 radical (unpaired) electrons. The van der Waals surface area contributed by atoms with Crippen LogP contribution in [0.15, 0.2) is 29.6 Å². The van der Waals surface area contributed by atoms with Gasteiger partial charge in [0.05, 0.1) is 10.3 Å². The van der Waals surface area contributed by atoms with E-state index in [1.54, 1.807) is 0 Å². The van der Waals surface area contributed by atoms with Gasteiger partial charge in [-0.25, -0.2) is 0 Å². The molecule has 1 atom stereocenters. The number of anilines is 1. The predicted molar refractivity (Wildman–Crippen MR) is 99.0 cm³/mol. The Morgan fingerprint density at radius 2 is 2.07 bits per heavy atom. The predicted octanol–water partition coefficient (Wildman–Crippen LogP) is 4.25. The maximum Gasteiger partial charge on any atom is 0.416 e. The molecule has 0 saturated carbocycles. The molecule has 1 aliphatic rings. The molecule has 0 spiro atoms. The van der Waals surface area contributed by atoms with Gasteiger partial charge in [0, 0.05) is 23.5 Å². The second-order valence-electron chi connectivity index (χ2n) is 6.48. The van der Waals surface area contributed by atoms with Gasteiger partial charge in [0.15, 0.2) is 5.82 Å². The van der Waals surface area contributed by atoms with E-state index in [9.17, 15) is 18.3 Å². The largest absolute Gasteiger partial charge is 0.507 e. The standard InChI is InChI=1S/C18H17F3N4OS/c19-18(20,21)10-3-4-12(14(26)8-10)15-16-13(5-7-27-16)17(25-24-15)23-11-2-1-6-22-9-11/h3-5,7-8,11,22,26H,1-2,6,9H2,(H,23,25)/t11-/m1/s1. The van der Waals surface area contributed by atoms with E-state index in [2.05, 4.69) is 20.8 Å². The van der Waals surface area contributed by atoms with Gasteiger partial charge in [-0.2, -0.15) is 13.2 Å². The number of hydrogen-bond acceptors (Lipinski definition) is 6. The van der Waals surface area contributed by atoms with Gasteiger partial charge in [0.1, 0.15) is 11.4 Å². The van der Waals surface area contributed by atoms with Crippen molar-refractivity contribution in [1.29, 1.82) is 0 Å². The van der Waals surface area contributed by atoms with Crippen LogP contribution in [-0.4, -0.2) is 34.4 Å². The van der Waals surface area contributed by atoms with E-state index in [0.29, 0.717) is 11.5 Å². The first kappa shape index (κ1) is 18.0. The van der Waals surface area contributed by atoms with Crippen molar-refractivity contribution in [2.75, 3.05) is 18.4 Å². The zero-order valence-corrected chi connectivity index (χ0v) is 15.0. The Labute approximate surface area is 157 Å². The molecule has 1 saturated heterocycles. The summed E-state index contributed by atoms with van der Waals surface area (Å²) in [5.41, 5.74) is -0.297. The summed E-state index contributed by atoms with van der Waals surface area (Å²) < 4.78 is 39.3. The third kappa shape index (κ3) is 3.57. The maximum atomic E-state index is 12.8. The fourth-order valence-electron chi connectivity index (χ4n) is 3.24. The summed E-state index contributed by atoms with van der Waals surface area (Å²) in [5.74, 6) is 0.182. The van der Waals surface area contributed by atoms with Gasteiger partial charge in [-0.1, -0.05) is 0 Å². The minimum Gasteiger partial charge on any atom is -0.507 e. The average Bonchev–Trinajstić information content (AvgIpc) is 3.13. The van der Waals surface area contributed by atoms with Gasteiger partial charge < -0.3 is 15.7 Å². The van der Waals surface area contributed by atoms with Crippen LogP contribution in [0.4, 0.5) is 19.0 Å². The molecule has 0 aliphatic carbocycles. The Balaban J connectivity index is 1.71. The van der Waals surface area contributed by atoms with Crippen LogP contribution in [0.3, 0.4) is 0 Å².